The van der Waals surface area contributed by atoms with Gasteiger partial charge in [-0.25, -0.2) is 14.4 Å². The lowest BCUT2D eigenvalue weighted by Crippen LogP contribution is -2.39. The highest BCUT2D eigenvalue weighted by molar-refractivity contribution is 7.18. The zero-order chi connectivity index (χ0) is 20.7. The van der Waals surface area contributed by atoms with Crippen LogP contribution in [0.4, 0.5) is 4.39 Å². The van der Waals surface area contributed by atoms with Crippen LogP contribution in [0.3, 0.4) is 0 Å². The number of aryl methyl sites for hydroxylation is 1. The van der Waals surface area contributed by atoms with Crippen LogP contribution in [0.1, 0.15) is 39.1 Å². The number of aromatic nitrogens is 2. The standard InChI is InChI=1S/C23H20FN3OS2/c1-14-20(30-21(25-14)15-8-10-17(24)11-9-15)23(28)27-12-4-5-16(13-27)22-26-18-6-2-3-7-19(18)29-22/h2-3,6-11,16H,4-5,12-13H2,1H3/t16-/m1/s1. The van der Waals surface area contributed by atoms with Crippen LogP contribution in [0.25, 0.3) is 20.8 Å². The molecule has 0 aliphatic carbocycles. The van der Waals surface area contributed by atoms with E-state index in [0.29, 0.717) is 11.4 Å². The maximum absolute atomic E-state index is 13.3. The van der Waals surface area contributed by atoms with Crippen molar-refractivity contribution < 1.29 is 9.18 Å². The number of hydrogen-bond acceptors (Lipinski definition) is 5. The van der Waals surface area contributed by atoms with Gasteiger partial charge in [0.15, 0.2) is 0 Å². The summed E-state index contributed by atoms with van der Waals surface area (Å²) in [5.74, 6) is 0.0200. The molecule has 2 aromatic heterocycles. The molecule has 0 N–H and O–H groups in total. The summed E-state index contributed by atoms with van der Waals surface area (Å²) in [5.41, 5.74) is 2.59. The van der Waals surface area contributed by atoms with Gasteiger partial charge < -0.3 is 4.90 Å². The van der Waals surface area contributed by atoms with Gasteiger partial charge in [0, 0.05) is 24.6 Å². The largest absolute Gasteiger partial charge is 0.337 e. The highest BCUT2D eigenvalue weighted by atomic mass is 32.1. The molecule has 2 aromatic carbocycles. The number of para-hydroxylation sites is 1. The molecule has 1 saturated heterocycles. The van der Waals surface area contributed by atoms with E-state index in [0.717, 1.165) is 46.2 Å². The van der Waals surface area contributed by atoms with Crippen molar-refractivity contribution >= 4 is 38.8 Å². The summed E-state index contributed by atoms with van der Waals surface area (Å²) < 4.78 is 14.4. The number of piperidine rings is 1. The van der Waals surface area contributed by atoms with Crippen molar-refractivity contribution in [1.82, 2.24) is 14.9 Å². The maximum atomic E-state index is 13.3. The Morgan fingerprint density at radius 1 is 1.10 bits per heavy atom. The Morgan fingerprint density at radius 3 is 2.70 bits per heavy atom. The Morgan fingerprint density at radius 2 is 1.90 bits per heavy atom. The molecular weight excluding hydrogens is 417 g/mol. The lowest BCUT2D eigenvalue weighted by atomic mass is 9.98. The average Bonchev–Trinajstić information content (AvgIpc) is 3.37. The summed E-state index contributed by atoms with van der Waals surface area (Å²) in [6, 6.07) is 14.4. The van der Waals surface area contributed by atoms with E-state index in [1.165, 1.54) is 28.2 Å². The summed E-state index contributed by atoms with van der Waals surface area (Å²) in [5, 5.41) is 1.86. The van der Waals surface area contributed by atoms with Crippen LogP contribution in [0.2, 0.25) is 0 Å². The third kappa shape index (κ3) is 3.63. The molecule has 3 heterocycles. The van der Waals surface area contributed by atoms with E-state index in [9.17, 15) is 9.18 Å². The van der Waals surface area contributed by atoms with Gasteiger partial charge in [-0.2, -0.15) is 0 Å². The Bertz CT molecular complexity index is 1180. The molecule has 1 aliphatic rings. The van der Waals surface area contributed by atoms with Crippen molar-refractivity contribution in [2.75, 3.05) is 13.1 Å². The molecule has 4 nitrogen and oxygen atoms in total. The van der Waals surface area contributed by atoms with Gasteiger partial charge in [0.2, 0.25) is 0 Å². The van der Waals surface area contributed by atoms with Crippen LogP contribution in [0.15, 0.2) is 48.5 Å². The predicted octanol–water partition coefficient (Wildman–Crippen LogP) is 5.89. The number of likely N-dealkylation sites (tertiary alicyclic amines) is 1. The number of hydrogen-bond donors (Lipinski definition) is 0. The molecule has 1 fully saturated rings. The molecule has 0 spiro atoms. The van der Waals surface area contributed by atoms with Crippen LogP contribution in [-0.4, -0.2) is 33.9 Å². The van der Waals surface area contributed by atoms with Gasteiger partial charge in [0.25, 0.3) is 5.91 Å². The minimum atomic E-state index is -0.280. The highest BCUT2D eigenvalue weighted by Gasteiger charge is 2.29. The Kier molecular flexibility index (Phi) is 5.08. The van der Waals surface area contributed by atoms with Gasteiger partial charge in [-0.15, -0.1) is 22.7 Å². The van der Waals surface area contributed by atoms with E-state index >= 15 is 0 Å². The molecule has 152 valence electrons. The number of nitrogens with zero attached hydrogens (tertiary/aromatic N) is 3. The monoisotopic (exact) mass is 437 g/mol. The van der Waals surface area contributed by atoms with Gasteiger partial charge in [-0.3, -0.25) is 4.79 Å². The topological polar surface area (TPSA) is 46.1 Å². The van der Waals surface area contributed by atoms with Crippen molar-refractivity contribution in [3.05, 3.63) is 69.9 Å². The van der Waals surface area contributed by atoms with E-state index in [1.807, 2.05) is 30.0 Å². The molecule has 0 bridgehead atoms. The van der Waals surface area contributed by atoms with Crippen molar-refractivity contribution in [3.8, 4) is 10.6 Å². The summed E-state index contributed by atoms with van der Waals surface area (Å²) in [7, 11) is 0. The van der Waals surface area contributed by atoms with Crippen molar-refractivity contribution in [2.24, 2.45) is 0 Å². The van der Waals surface area contributed by atoms with Crippen LogP contribution in [0, 0.1) is 12.7 Å². The molecule has 1 amide bonds. The number of carbonyl (C=O) groups excluding carboxylic acids is 1. The Hall–Kier alpha value is -2.64. The first-order valence-electron chi connectivity index (χ1n) is 9.96. The molecule has 0 unspecified atom stereocenters. The SMILES string of the molecule is Cc1nc(-c2ccc(F)cc2)sc1C(=O)N1CCC[C@@H](c2nc3ccccc3s2)C1. The third-order valence-electron chi connectivity index (χ3n) is 5.45. The zero-order valence-corrected chi connectivity index (χ0v) is 18.1. The number of carbonyl (C=O) groups is 1. The van der Waals surface area contributed by atoms with Gasteiger partial charge in [-0.1, -0.05) is 12.1 Å². The van der Waals surface area contributed by atoms with E-state index in [1.54, 1.807) is 23.5 Å². The maximum Gasteiger partial charge on any atom is 0.265 e. The fourth-order valence-corrected chi connectivity index (χ4v) is 6.02. The quantitative estimate of drug-likeness (QED) is 0.402. The molecular formula is C23H20FN3OS2. The minimum absolute atomic E-state index is 0.0316. The summed E-state index contributed by atoms with van der Waals surface area (Å²) in [4.78, 5) is 25.3. The Balaban J connectivity index is 1.37. The third-order valence-corrected chi connectivity index (χ3v) is 7.84. The molecule has 5 rings (SSSR count). The molecule has 1 aliphatic heterocycles. The number of thiazole rings is 2. The number of benzene rings is 2. The highest BCUT2D eigenvalue weighted by Crippen LogP contribution is 2.35. The van der Waals surface area contributed by atoms with Gasteiger partial charge in [0.1, 0.15) is 15.7 Å². The zero-order valence-electron chi connectivity index (χ0n) is 16.5. The average molecular weight is 438 g/mol. The molecule has 4 aromatic rings. The van der Waals surface area contributed by atoms with Crippen molar-refractivity contribution in [1.29, 1.82) is 0 Å². The van der Waals surface area contributed by atoms with Crippen LogP contribution in [0.5, 0.6) is 0 Å². The van der Waals surface area contributed by atoms with Crippen molar-refractivity contribution in [2.45, 2.75) is 25.7 Å². The minimum Gasteiger partial charge on any atom is -0.337 e. The number of rotatable bonds is 3. The van der Waals surface area contributed by atoms with Crippen molar-refractivity contribution in [3.63, 3.8) is 0 Å². The molecule has 1 atom stereocenters. The first-order chi connectivity index (χ1) is 14.6. The first kappa shape index (κ1) is 19.3. The van der Waals surface area contributed by atoms with E-state index in [-0.39, 0.29) is 17.6 Å². The second kappa shape index (κ2) is 7.89. The summed E-state index contributed by atoms with van der Waals surface area (Å²) in [6.07, 6.45) is 2.01. The normalized spacial score (nSPS) is 16.9. The lowest BCUT2D eigenvalue weighted by molar-refractivity contribution is 0.0711. The van der Waals surface area contributed by atoms with Crippen LogP contribution >= 0.6 is 22.7 Å². The number of amides is 1. The molecule has 30 heavy (non-hydrogen) atoms. The second-order valence-corrected chi connectivity index (χ2v) is 9.61. The van der Waals surface area contributed by atoms with Crippen LogP contribution in [-0.2, 0) is 0 Å². The summed E-state index contributed by atoms with van der Waals surface area (Å²) in [6.45, 7) is 3.30. The molecule has 0 radical (unpaired) electrons. The fourth-order valence-electron chi connectivity index (χ4n) is 3.88. The number of fused-ring (bicyclic) bond motifs is 1. The predicted molar refractivity (Wildman–Crippen MR) is 120 cm³/mol. The molecule has 7 heteroatoms. The Labute approximate surface area is 182 Å². The lowest BCUT2D eigenvalue weighted by Gasteiger charge is -2.31. The van der Waals surface area contributed by atoms with E-state index < -0.39 is 0 Å². The second-order valence-electron chi connectivity index (χ2n) is 7.55. The fraction of sp³-hybridized carbons (Fsp3) is 0.261. The summed E-state index contributed by atoms with van der Waals surface area (Å²) >= 11 is 3.11. The number of halogens is 1. The van der Waals surface area contributed by atoms with E-state index in [2.05, 4.69) is 11.1 Å². The van der Waals surface area contributed by atoms with Gasteiger partial charge >= 0.3 is 0 Å². The molecule has 0 saturated carbocycles. The smallest absolute Gasteiger partial charge is 0.265 e. The van der Waals surface area contributed by atoms with Gasteiger partial charge in [-0.05, 0) is 56.2 Å². The van der Waals surface area contributed by atoms with Gasteiger partial charge in [0.05, 0.1) is 20.9 Å². The first-order valence-corrected chi connectivity index (χ1v) is 11.6. The van der Waals surface area contributed by atoms with Crippen LogP contribution < -0.4 is 0 Å². The van der Waals surface area contributed by atoms with E-state index in [4.69, 9.17) is 4.98 Å².